The number of nitro benzene ring substituents is 1. The van der Waals surface area contributed by atoms with Crippen molar-refractivity contribution in [3.05, 3.63) is 33.9 Å². The van der Waals surface area contributed by atoms with Gasteiger partial charge in [-0.2, -0.15) is 0 Å². The molecule has 0 aliphatic rings. The van der Waals surface area contributed by atoms with E-state index in [1.54, 1.807) is 0 Å². The normalized spacial score (nSPS) is 10.6. The lowest BCUT2D eigenvalue weighted by Gasteiger charge is -1.94. The first-order valence-corrected chi connectivity index (χ1v) is 4.46. The van der Waals surface area contributed by atoms with Crippen LogP contribution in [0.4, 0.5) is 5.69 Å². The molecular formula is C10H8N2O4. The molecule has 0 bridgehead atoms. The molecule has 0 aliphatic carbocycles. The van der Waals surface area contributed by atoms with Crippen LogP contribution in [-0.2, 0) is 0 Å². The Bertz CT molecular complexity index is 600. The van der Waals surface area contributed by atoms with E-state index < -0.39 is 4.92 Å². The molecule has 0 unspecified atom stereocenters. The molecule has 2 N–H and O–H groups in total. The van der Waals surface area contributed by atoms with E-state index in [-0.39, 0.29) is 22.9 Å². The number of nitrogens with zero attached hydrogens (tertiary/aromatic N) is 1. The summed E-state index contributed by atoms with van der Waals surface area (Å²) in [6.07, 6.45) is 0. The topological polar surface area (TPSA) is 100 Å². The van der Waals surface area contributed by atoms with Crippen LogP contribution >= 0.6 is 0 Å². The molecule has 16 heavy (non-hydrogen) atoms. The third-order valence-electron chi connectivity index (χ3n) is 2.24. The van der Waals surface area contributed by atoms with Crippen molar-refractivity contribution in [1.82, 2.24) is 0 Å². The van der Waals surface area contributed by atoms with Crippen LogP contribution in [0.3, 0.4) is 0 Å². The lowest BCUT2D eigenvalue weighted by atomic mass is 10.1. The number of furan rings is 1. The summed E-state index contributed by atoms with van der Waals surface area (Å²) in [6, 6.07) is 3.97. The van der Waals surface area contributed by atoms with Gasteiger partial charge in [0.05, 0.1) is 10.5 Å². The molecule has 1 aromatic heterocycles. The van der Waals surface area contributed by atoms with Gasteiger partial charge in [0.25, 0.3) is 11.6 Å². The molecule has 2 rings (SSSR count). The first-order chi connectivity index (χ1) is 7.50. The van der Waals surface area contributed by atoms with Gasteiger partial charge < -0.3 is 14.9 Å². The summed E-state index contributed by atoms with van der Waals surface area (Å²) >= 11 is 0. The summed E-state index contributed by atoms with van der Waals surface area (Å²) in [5, 5.41) is 27.9. The van der Waals surface area contributed by atoms with E-state index >= 15 is 0 Å². The summed E-state index contributed by atoms with van der Waals surface area (Å²) in [4.78, 5) is 10.1. The quantitative estimate of drug-likeness (QED) is 0.461. The highest BCUT2D eigenvalue weighted by molar-refractivity contribution is 6.09. The van der Waals surface area contributed by atoms with Gasteiger partial charge in [0.1, 0.15) is 5.58 Å². The average Bonchev–Trinajstić information content (AvgIpc) is 2.51. The summed E-state index contributed by atoms with van der Waals surface area (Å²) in [5.41, 5.74) is 0.510. The predicted molar refractivity (Wildman–Crippen MR) is 57.0 cm³/mol. The molecule has 0 fully saturated rings. The Hall–Kier alpha value is -2.37. The van der Waals surface area contributed by atoms with Crippen LogP contribution in [-0.4, -0.2) is 15.7 Å². The molecule has 0 saturated carbocycles. The van der Waals surface area contributed by atoms with Crippen molar-refractivity contribution in [2.45, 2.75) is 6.92 Å². The maximum atomic E-state index is 10.6. The van der Waals surface area contributed by atoms with Gasteiger partial charge in [-0.25, -0.2) is 0 Å². The Balaban J connectivity index is 2.79. The Morgan fingerprint density at radius 1 is 1.56 bits per heavy atom. The first kappa shape index (κ1) is 10.2. The number of fused-ring (bicyclic) bond motifs is 1. The zero-order valence-electron chi connectivity index (χ0n) is 8.35. The zero-order chi connectivity index (χ0) is 11.9. The van der Waals surface area contributed by atoms with Crippen LogP contribution in [0.5, 0.6) is 5.95 Å². The van der Waals surface area contributed by atoms with Crippen molar-refractivity contribution in [3.63, 3.8) is 0 Å². The Labute approximate surface area is 89.8 Å². The number of rotatable bonds is 2. The second kappa shape index (κ2) is 3.34. The SMILES string of the molecule is CC(=N)c1c(O)oc2ccc([N+](=O)[O-])cc12. The van der Waals surface area contributed by atoms with E-state index in [2.05, 4.69) is 0 Å². The van der Waals surface area contributed by atoms with Crippen molar-refractivity contribution in [2.24, 2.45) is 0 Å². The monoisotopic (exact) mass is 220 g/mol. The number of aromatic hydroxyl groups is 1. The summed E-state index contributed by atoms with van der Waals surface area (Å²) < 4.78 is 4.99. The Morgan fingerprint density at radius 3 is 2.81 bits per heavy atom. The van der Waals surface area contributed by atoms with Gasteiger partial charge >= 0.3 is 0 Å². The van der Waals surface area contributed by atoms with E-state index in [1.807, 2.05) is 0 Å². The van der Waals surface area contributed by atoms with Crippen LogP contribution in [0.25, 0.3) is 11.0 Å². The standard InChI is InChI=1S/C10H8N2O4/c1-5(11)9-7-4-6(12(14)15)2-3-8(7)16-10(9)13/h2-4,11,13H,1H3. The fraction of sp³-hybridized carbons (Fsp3) is 0.100. The van der Waals surface area contributed by atoms with Crippen LogP contribution in [0.1, 0.15) is 12.5 Å². The lowest BCUT2D eigenvalue weighted by Crippen LogP contribution is -1.91. The summed E-state index contributed by atoms with van der Waals surface area (Å²) in [7, 11) is 0. The highest BCUT2D eigenvalue weighted by Gasteiger charge is 2.18. The largest absolute Gasteiger partial charge is 0.480 e. The van der Waals surface area contributed by atoms with Crippen molar-refractivity contribution < 1.29 is 14.4 Å². The van der Waals surface area contributed by atoms with Gasteiger partial charge in [0.15, 0.2) is 0 Å². The second-order valence-electron chi connectivity index (χ2n) is 3.34. The minimum absolute atomic E-state index is 0.0942. The minimum atomic E-state index is -0.535. The van der Waals surface area contributed by atoms with E-state index in [4.69, 9.17) is 9.83 Å². The predicted octanol–water partition coefficient (Wildman–Crippen LogP) is 2.43. The van der Waals surface area contributed by atoms with Crippen LogP contribution in [0, 0.1) is 15.5 Å². The third kappa shape index (κ3) is 1.40. The summed E-state index contributed by atoms with van der Waals surface area (Å²) in [5.74, 6) is -0.386. The molecule has 0 aliphatic heterocycles. The van der Waals surface area contributed by atoms with Gasteiger partial charge in [-0.15, -0.1) is 0 Å². The molecule has 0 radical (unpaired) electrons. The van der Waals surface area contributed by atoms with Gasteiger partial charge in [-0.3, -0.25) is 10.1 Å². The smallest absolute Gasteiger partial charge is 0.292 e. The maximum Gasteiger partial charge on any atom is 0.292 e. The molecule has 82 valence electrons. The van der Waals surface area contributed by atoms with Crippen LogP contribution in [0.15, 0.2) is 22.6 Å². The number of hydrogen-bond donors (Lipinski definition) is 2. The first-order valence-electron chi connectivity index (χ1n) is 4.46. The molecule has 1 heterocycles. The maximum absolute atomic E-state index is 10.6. The zero-order valence-corrected chi connectivity index (χ0v) is 8.35. The fourth-order valence-electron chi connectivity index (χ4n) is 1.55. The fourth-order valence-corrected chi connectivity index (χ4v) is 1.55. The van der Waals surface area contributed by atoms with Crippen molar-refractivity contribution in [1.29, 1.82) is 5.41 Å². The lowest BCUT2D eigenvalue weighted by molar-refractivity contribution is -0.384. The Kier molecular flexibility index (Phi) is 2.12. The molecule has 2 aromatic rings. The number of benzene rings is 1. The van der Waals surface area contributed by atoms with Crippen LogP contribution < -0.4 is 0 Å². The van der Waals surface area contributed by atoms with Crippen molar-refractivity contribution >= 4 is 22.4 Å². The number of nitro groups is 1. The van der Waals surface area contributed by atoms with E-state index in [1.165, 1.54) is 25.1 Å². The van der Waals surface area contributed by atoms with Crippen LogP contribution in [0.2, 0.25) is 0 Å². The molecule has 1 aromatic carbocycles. The molecule has 0 atom stereocenters. The highest BCUT2D eigenvalue weighted by Crippen LogP contribution is 2.33. The molecular weight excluding hydrogens is 212 g/mol. The van der Waals surface area contributed by atoms with Gasteiger partial charge in [0.2, 0.25) is 0 Å². The molecule has 6 heteroatoms. The van der Waals surface area contributed by atoms with Crippen molar-refractivity contribution in [3.8, 4) is 5.95 Å². The third-order valence-corrected chi connectivity index (χ3v) is 2.24. The van der Waals surface area contributed by atoms with E-state index in [0.717, 1.165) is 0 Å². The second-order valence-corrected chi connectivity index (χ2v) is 3.34. The molecule has 0 saturated heterocycles. The molecule has 0 spiro atoms. The van der Waals surface area contributed by atoms with Crippen molar-refractivity contribution in [2.75, 3.05) is 0 Å². The summed E-state index contributed by atoms with van der Waals surface area (Å²) in [6.45, 7) is 1.48. The molecule has 0 amide bonds. The Morgan fingerprint density at radius 2 is 2.25 bits per heavy atom. The number of hydrogen-bond acceptors (Lipinski definition) is 5. The average molecular weight is 220 g/mol. The minimum Gasteiger partial charge on any atom is -0.480 e. The van der Waals surface area contributed by atoms with E-state index in [0.29, 0.717) is 11.0 Å². The number of non-ortho nitro benzene ring substituents is 1. The molecule has 6 nitrogen and oxygen atoms in total. The highest BCUT2D eigenvalue weighted by atomic mass is 16.6. The number of nitrogens with one attached hydrogen (secondary N) is 1. The van der Waals surface area contributed by atoms with Gasteiger partial charge in [0, 0.05) is 23.2 Å². The van der Waals surface area contributed by atoms with Gasteiger partial charge in [-0.05, 0) is 13.0 Å². The van der Waals surface area contributed by atoms with E-state index in [9.17, 15) is 15.2 Å². The van der Waals surface area contributed by atoms with Gasteiger partial charge in [-0.1, -0.05) is 0 Å².